The molecule has 0 aliphatic heterocycles. The molecule has 1 rings (SSSR count). The summed E-state index contributed by atoms with van der Waals surface area (Å²) in [4.78, 5) is 2.14. The molecule has 0 heterocycles. The molecule has 1 atom stereocenters. The van der Waals surface area contributed by atoms with Crippen molar-refractivity contribution >= 4 is 0 Å². The van der Waals surface area contributed by atoms with Crippen molar-refractivity contribution in [3.63, 3.8) is 0 Å². The minimum Gasteiger partial charge on any atom is -0.493 e. The summed E-state index contributed by atoms with van der Waals surface area (Å²) in [7, 11) is 5.75. The molecule has 0 unspecified atom stereocenters. The van der Waals surface area contributed by atoms with Gasteiger partial charge in [-0.15, -0.1) is 0 Å². The largest absolute Gasteiger partial charge is 0.493 e. The molecule has 0 aliphatic carbocycles. The number of rotatable bonds is 7. The molecule has 1 aromatic rings. The van der Waals surface area contributed by atoms with Gasteiger partial charge in [0.1, 0.15) is 0 Å². The number of nitrogens with zero attached hydrogens (tertiary/aromatic N) is 1. The van der Waals surface area contributed by atoms with E-state index in [1.54, 1.807) is 7.11 Å². The minimum absolute atomic E-state index is 0.00157. The number of hydrogen-bond acceptors (Lipinski definition) is 4. The van der Waals surface area contributed by atoms with Crippen LogP contribution in [-0.2, 0) is 0 Å². The third-order valence-corrected chi connectivity index (χ3v) is 2.72. The first-order chi connectivity index (χ1) is 8.54. The Morgan fingerprint density at radius 2 is 2.00 bits per heavy atom. The fourth-order valence-electron chi connectivity index (χ4n) is 1.65. The number of hydrogen-bond donors (Lipinski definition) is 1. The highest BCUT2D eigenvalue weighted by molar-refractivity contribution is 5.43. The molecule has 0 bridgehead atoms. The van der Waals surface area contributed by atoms with E-state index in [2.05, 4.69) is 19.0 Å². The monoisotopic (exact) mass is 252 g/mol. The van der Waals surface area contributed by atoms with Crippen LogP contribution >= 0.6 is 0 Å². The van der Waals surface area contributed by atoms with Gasteiger partial charge >= 0.3 is 0 Å². The van der Waals surface area contributed by atoms with Crippen LogP contribution in [0.2, 0.25) is 0 Å². The van der Waals surface area contributed by atoms with E-state index in [0.29, 0.717) is 6.61 Å². The van der Waals surface area contributed by atoms with E-state index >= 15 is 0 Å². The van der Waals surface area contributed by atoms with E-state index in [1.807, 2.05) is 25.1 Å². The van der Waals surface area contributed by atoms with Crippen LogP contribution in [0.5, 0.6) is 11.5 Å². The molecular formula is C14H24N2O2. The topological polar surface area (TPSA) is 47.7 Å². The average Bonchev–Trinajstić information content (AvgIpc) is 2.34. The summed E-state index contributed by atoms with van der Waals surface area (Å²) in [6.07, 6.45) is 0.991. The standard InChI is InChI=1S/C14H24N2O2/c1-11(15)12-6-7-13(14(10-12)17-4)18-9-5-8-16(2)3/h6-7,10-11H,5,8-9,15H2,1-4H3/t11-/m0/s1. The molecule has 0 amide bonds. The van der Waals surface area contributed by atoms with E-state index in [4.69, 9.17) is 15.2 Å². The zero-order valence-electron chi connectivity index (χ0n) is 11.8. The van der Waals surface area contributed by atoms with Crippen molar-refractivity contribution in [1.29, 1.82) is 0 Å². The molecule has 0 radical (unpaired) electrons. The predicted octanol–water partition coefficient (Wildman–Crippen LogP) is 2.05. The summed E-state index contributed by atoms with van der Waals surface area (Å²) in [6, 6.07) is 5.84. The molecule has 0 fully saturated rings. The van der Waals surface area contributed by atoms with E-state index in [0.717, 1.165) is 30.0 Å². The smallest absolute Gasteiger partial charge is 0.161 e. The third-order valence-electron chi connectivity index (χ3n) is 2.72. The lowest BCUT2D eigenvalue weighted by Gasteiger charge is -2.14. The molecule has 4 heteroatoms. The summed E-state index contributed by atoms with van der Waals surface area (Å²) in [6.45, 7) is 3.65. The molecule has 0 spiro atoms. The molecule has 1 aromatic carbocycles. The quantitative estimate of drug-likeness (QED) is 0.754. The molecule has 0 aromatic heterocycles. The van der Waals surface area contributed by atoms with Crippen LogP contribution in [-0.4, -0.2) is 39.3 Å². The van der Waals surface area contributed by atoms with Gasteiger partial charge in [0, 0.05) is 12.6 Å². The summed E-state index contributed by atoms with van der Waals surface area (Å²) >= 11 is 0. The Balaban J connectivity index is 2.59. The van der Waals surface area contributed by atoms with Gasteiger partial charge in [-0.1, -0.05) is 6.07 Å². The van der Waals surface area contributed by atoms with Crippen LogP contribution in [0.4, 0.5) is 0 Å². The van der Waals surface area contributed by atoms with Gasteiger partial charge < -0.3 is 20.1 Å². The summed E-state index contributed by atoms with van der Waals surface area (Å²) < 4.78 is 11.0. The normalized spacial score (nSPS) is 12.6. The number of methoxy groups -OCH3 is 1. The highest BCUT2D eigenvalue weighted by atomic mass is 16.5. The van der Waals surface area contributed by atoms with Gasteiger partial charge in [0.15, 0.2) is 11.5 Å². The highest BCUT2D eigenvalue weighted by Gasteiger charge is 2.07. The Labute approximate surface area is 110 Å². The highest BCUT2D eigenvalue weighted by Crippen LogP contribution is 2.29. The van der Waals surface area contributed by atoms with Gasteiger partial charge in [-0.2, -0.15) is 0 Å². The Kier molecular flexibility index (Phi) is 5.95. The Bertz CT molecular complexity index is 365. The lowest BCUT2D eigenvalue weighted by Crippen LogP contribution is -2.15. The van der Waals surface area contributed by atoms with Gasteiger partial charge in [0.25, 0.3) is 0 Å². The first-order valence-electron chi connectivity index (χ1n) is 6.25. The molecule has 18 heavy (non-hydrogen) atoms. The summed E-state index contributed by atoms with van der Waals surface area (Å²) in [5, 5.41) is 0. The molecule has 4 nitrogen and oxygen atoms in total. The first kappa shape index (κ1) is 14.8. The molecule has 0 saturated carbocycles. The maximum absolute atomic E-state index is 5.84. The second-order valence-electron chi connectivity index (χ2n) is 4.70. The van der Waals surface area contributed by atoms with E-state index in [-0.39, 0.29) is 6.04 Å². The maximum Gasteiger partial charge on any atom is 0.161 e. The fourth-order valence-corrected chi connectivity index (χ4v) is 1.65. The Hall–Kier alpha value is -1.26. The molecule has 2 N–H and O–H groups in total. The van der Waals surface area contributed by atoms with Crippen molar-refractivity contribution < 1.29 is 9.47 Å². The zero-order chi connectivity index (χ0) is 13.5. The van der Waals surface area contributed by atoms with Crippen molar-refractivity contribution in [1.82, 2.24) is 4.90 Å². The fraction of sp³-hybridized carbons (Fsp3) is 0.571. The lowest BCUT2D eigenvalue weighted by atomic mass is 10.1. The van der Waals surface area contributed by atoms with Crippen LogP contribution in [0.1, 0.15) is 24.9 Å². The minimum atomic E-state index is 0.00157. The van der Waals surface area contributed by atoms with Crippen molar-refractivity contribution in [3.05, 3.63) is 23.8 Å². The summed E-state index contributed by atoms with van der Waals surface area (Å²) in [5.41, 5.74) is 6.89. The number of ether oxygens (including phenoxy) is 2. The maximum atomic E-state index is 5.84. The number of benzene rings is 1. The SMILES string of the molecule is COc1cc([C@H](C)N)ccc1OCCCN(C)C. The van der Waals surface area contributed by atoms with Crippen molar-refractivity contribution in [2.45, 2.75) is 19.4 Å². The Morgan fingerprint density at radius 3 is 2.56 bits per heavy atom. The van der Waals surface area contributed by atoms with Gasteiger partial charge in [-0.25, -0.2) is 0 Å². The van der Waals surface area contributed by atoms with Gasteiger partial charge in [0.2, 0.25) is 0 Å². The van der Waals surface area contributed by atoms with Crippen molar-refractivity contribution in [2.24, 2.45) is 5.73 Å². The average molecular weight is 252 g/mol. The lowest BCUT2D eigenvalue weighted by molar-refractivity contribution is 0.268. The van der Waals surface area contributed by atoms with Crippen LogP contribution in [0, 0.1) is 0 Å². The third kappa shape index (κ3) is 4.55. The molecule has 102 valence electrons. The van der Waals surface area contributed by atoms with Gasteiger partial charge in [0.05, 0.1) is 13.7 Å². The second-order valence-corrected chi connectivity index (χ2v) is 4.70. The van der Waals surface area contributed by atoms with Gasteiger partial charge in [-0.05, 0) is 45.1 Å². The molecule has 0 saturated heterocycles. The Morgan fingerprint density at radius 1 is 1.28 bits per heavy atom. The summed E-state index contributed by atoms with van der Waals surface area (Å²) in [5.74, 6) is 1.52. The van der Waals surface area contributed by atoms with Crippen LogP contribution in [0.25, 0.3) is 0 Å². The number of nitrogens with two attached hydrogens (primary N) is 1. The van der Waals surface area contributed by atoms with E-state index in [1.165, 1.54) is 0 Å². The second kappa shape index (κ2) is 7.24. The van der Waals surface area contributed by atoms with Crippen LogP contribution in [0.3, 0.4) is 0 Å². The van der Waals surface area contributed by atoms with Crippen LogP contribution in [0.15, 0.2) is 18.2 Å². The van der Waals surface area contributed by atoms with Crippen molar-refractivity contribution in [3.8, 4) is 11.5 Å². The van der Waals surface area contributed by atoms with Crippen molar-refractivity contribution in [2.75, 3.05) is 34.4 Å². The molecule has 0 aliphatic rings. The van der Waals surface area contributed by atoms with Crippen LogP contribution < -0.4 is 15.2 Å². The predicted molar refractivity (Wildman–Crippen MR) is 74.3 cm³/mol. The van der Waals surface area contributed by atoms with Gasteiger partial charge in [-0.3, -0.25) is 0 Å². The zero-order valence-corrected chi connectivity index (χ0v) is 11.8. The van der Waals surface area contributed by atoms with E-state index < -0.39 is 0 Å². The molecular weight excluding hydrogens is 228 g/mol. The van der Waals surface area contributed by atoms with E-state index in [9.17, 15) is 0 Å². The first-order valence-corrected chi connectivity index (χ1v) is 6.25.